The number of azo groups is 1. The topological polar surface area (TPSA) is 77.1 Å². The first-order valence-electron chi connectivity index (χ1n) is 9.08. The molecule has 2 aromatic rings. The van der Waals surface area contributed by atoms with Crippen LogP contribution in [0.15, 0.2) is 58.8 Å². The fraction of sp³-hybridized carbons (Fsp3) is 0.400. The number of unbranched alkanes of at least 4 members (excludes halogenated alkanes) is 5. The molecule has 0 radical (unpaired) electrons. The Kier molecular flexibility index (Phi) is 8.26. The first-order valence-corrected chi connectivity index (χ1v) is 9.08. The maximum atomic E-state index is 10.6. The van der Waals surface area contributed by atoms with E-state index in [0.29, 0.717) is 11.4 Å². The molecule has 0 saturated carbocycles. The number of nitrogens with zero attached hydrogens (tertiary/aromatic N) is 3. The largest absolute Gasteiger partial charge is 0.494 e. The van der Waals surface area contributed by atoms with E-state index in [2.05, 4.69) is 17.2 Å². The van der Waals surface area contributed by atoms with Crippen molar-refractivity contribution in [1.29, 1.82) is 0 Å². The van der Waals surface area contributed by atoms with E-state index in [-0.39, 0.29) is 5.69 Å². The zero-order valence-corrected chi connectivity index (χ0v) is 15.1. The van der Waals surface area contributed by atoms with E-state index in [4.69, 9.17) is 4.74 Å². The summed E-state index contributed by atoms with van der Waals surface area (Å²) >= 11 is 0. The molecule has 26 heavy (non-hydrogen) atoms. The second kappa shape index (κ2) is 11.0. The van der Waals surface area contributed by atoms with Crippen molar-refractivity contribution >= 4 is 17.1 Å². The number of nitro groups is 1. The quantitative estimate of drug-likeness (QED) is 0.193. The second-order valence-corrected chi connectivity index (χ2v) is 6.08. The Morgan fingerprint density at radius 1 is 0.846 bits per heavy atom. The van der Waals surface area contributed by atoms with Crippen LogP contribution in [0.2, 0.25) is 0 Å². The Morgan fingerprint density at radius 2 is 1.38 bits per heavy atom. The summed E-state index contributed by atoms with van der Waals surface area (Å²) in [7, 11) is 0. The van der Waals surface area contributed by atoms with Gasteiger partial charge in [-0.05, 0) is 42.8 Å². The van der Waals surface area contributed by atoms with Crippen molar-refractivity contribution in [1.82, 2.24) is 0 Å². The maximum Gasteiger partial charge on any atom is 0.269 e. The van der Waals surface area contributed by atoms with Gasteiger partial charge in [-0.2, -0.15) is 10.2 Å². The highest BCUT2D eigenvalue weighted by molar-refractivity contribution is 5.45. The van der Waals surface area contributed by atoms with E-state index in [1.54, 1.807) is 12.1 Å². The Hall–Kier alpha value is -2.76. The first kappa shape index (κ1) is 19.6. The molecule has 0 fully saturated rings. The fourth-order valence-electron chi connectivity index (χ4n) is 2.44. The van der Waals surface area contributed by atoms with Gasteiger partial charge in [-0.25, -0.2) is 0 Å². The lowest BCUT2D eigenvalue weighted by atomic mass is 10.1. The van der Waals surface area contributed by atoms with E-state index in [1.807, 2.05) is 24.3 Å². The van der Waals surface area contributed by atoms with Crippen LogP contribution < -0.4 is 4.74 Å². The van der Waals surface area contributed by atoms with Crippen molar-refractivity contribution in [2.24, 2.45) is 10.2 Å². The van der Waals surface area contributed by atoms with Crippen LogP contribution in [-0.2, 0) is 0 Å². The third-order valence-corrected chi connectivity index (χ3v) is 3.94. The van der Waals surface area contributed by atoms with Crippen LogP contribution in [0.4, 0.5) is 17.1 Å². The number of rotatable bonds is 11. The first-order chi connectivity index (χ1) is 12.7. The standard InChI is InChI=1S/C20H25N3O3/c1-2-3-4-5-6-7-16-26-20-14-10-18(11-15-20)22-21-17-8-12-19(13-9-17)23(24)25/h8-15H,2-7,16H2,1H3/b22-21+. The van der Waals surface area contributed by atoms with Crippen LogP contribution in [0.3, 0.4) is 0 Å². The van der Waals surface area contributed by atoms with Crippen molar-refractivity contribution in [3.8, 4) is 5.75 Å². The molecule has 0 unspecified atom stereocenters. The van der Waals surface area contributed by atoms with Crippen molar-refractivity contribution < 1.29 is 9.66 Å². The monoisotopic (exact) mass is 355 g/mol. The minimum Gasteiger partial charge on any atom is -0.494 e. The van der Waals surface area contributed by atoms with Gasteiger partial charge < -0.3 is 4.74 Å². The molecular weight excluding hydrogens is 330 g/mol. The third-order valence-electron chi connectivity index (χ3n) is 3.94. The average Bonchev–Trinajstić information content (AvgIpc) is 2.67. The fourth-order valence-corrected chi connectivity index (χ4v) is 2.44. The smallest absolute Gasteiger partial charge is 0.269 e. The predicted molar refractivity (Wildman–Crippen MR) is 103 cm³/mol. The predicted octanol–water partition coefficient (Wildman–Crippen LogP) is 6.75. The van der Waals surface area contributed by atoms with E-state index in [0.717, 1.165) is 18.8 Å². The molecule has 0 saturated heterocycles. The minimum absolute atomic E-state index is 0.0378. The molecule has 0 aromatic heterocycles. The van der Waals surface area contributed by atoms with Crippen molar-refractivity contribution in [2.45, 2.75) is 45.4 Å². The minimum atomic E-state index is -0.440. The molecule has 0 aliphatic heterocycles. The van der Waals surface area contributed by atoms with E-state index < -0.39 is 4.92 Å². The van der Waals surface area contributed by atoms with Gasteiger partial charge in [0.05, 0.1) is 22.9 Å². The highest BCUT2D eigenvalue weighted by Crippen LogP contribution is 2.23. The van der Waals surface area contributed by atoms with Gasteiger partial charge in [0.15, 0.2) is 0 Å². The van der Waals surface area contributed by atoms with Crippen LogP contribution in [0.5, 0.6) is 5.75 Å². The van der Waals surface area contributed by atoms with Crippen molar-refractivity contribution in [2.75, 3.05) is 6.61 Å². The van der Waals surface area contributed by atoms with Gasteiger partial charge in [0.2, 0.25) is 0 Å². The van der Waals surface area contributed by atoms with Crippen LogP contribution in [0.1, 0.15) is 45.4 Å². The summed E-state index contributed by atoms with van der Waals surface area (Å²) < 4.78 is 5.73. The lowest BCUT2D eigenvalue weighted by Gasteiger charge is -2.06. The molecule has 0 bridgehead atoms. The summed E-state index contributed by atoms with van der Waals surface area (Å²) in [5.74, 6) is 0.827. The van der Waals surface area contributed by atoms with Gasteiger partial charge in [0.1, 0.15) is 5.75 Å². The van der Waals surface area contributed by atoms with Gasteiger partial charge in [-0.3, -0.25) is 10.1 Å². The van der Waals surface area contributed by atoms with Crippen molar-refractivity contribution in [3.05, 3.63) is 58.6 Å². The Morgan fingerprint density at radius 3 is 1.96 bits per heavy atom. The highest BCUT2D eigenvalue weighted by Gasteiger charge is 2.03. The number of non-ortho nitro benzene ring substituents is 1. The average molecular weight is 355 g/mol. The molecule has 0 heterocycles. The molecule has 0 aliphatic rings. The molecule has 0 atom stereocenters. The number of ether oxygens (including phenoxy) is 1. The molecular formula is C20H25N3O3. The summed E-state index contributed by atoms with van der Waals surface area (Å²) in [5.41, 5.74) is 1.31. The zero-order valence-electron chi connectivity index (χ0n) is 15.1. The highest BCUT2D eigenvalue weighted by atomic mass is 16.6. The maximum absolute atomic E-state index is 10.6. The Labute approximate surface area is 154 Å². The number of hydrogen-bond donors (Lipinski definition) is 0. The molecule has 0 N–H and O–H groups in total. The van der Waals surface area contributed by atoms with Crippen LogP contribution in [0, 0.1) is 10.1 Å². The molecule has 138 valence electrons. The SMILES string of the molecule is CCCCCCCCOc1ccc(/N=N/c2ccc([N+](=O)[O-])cc2)cc1. The number of nitro benzene ring substituents is 1. The van der Waals surface area contributed by atoms with Crippen LogP contribution >= 0.6 is 0 Å². The van der Waals surface area contributed by atoms with E-state index in [9.17, 15) is 10.1 Å². The molecule has 0 aliphatic carbocycles. The molecule has 0 spiro atoms. The third kappa shape index (κ3) is 7.01. The summed E-state index contributed by atoms with van der Waals surface area (Å²) in [6, 6.07) is 13.4. The molecule has 2 aromatic carbocycles. The van der Waals surface area contributed by atoms with Crippen LogP contribution in [0.25, 0.3) is 0 Å². The molecule has 2 rings (SSSR count). The summed E-state index contributed by atoms with van der Waals surface area (Å²) in [5, 5.41) is 18.8. The lowest BCUT2D eigenvalue weighted by Crippen LogP contribution is -1.96. The second-order valence-electron chi connectivity index (χ2n) is 6.08. The molecule has 6 heteroatoms. The van der Waals surface area contributed by atoms with E-state index >= 15 is 0 Å². The molecule has 0 amide bonds. The normalized spacial score (nSPS) is 11.0. The lowest BCUT2D eigenvalue weighted by molar-refractivity contribution is -0.384. The summed E-state index contributed by atoms with van der Waals surface area (Å²) in [6.07, 6.45) is 7.46. The molecule has 6 nitrogen and oxygen atoms in total. The summed E-state index contributed by atoms with van der Waals surface area (Å²) in [4.78, 5) is 10.2. The van der Waals surface area contributed by atoms with Gasteiger partial charge in [0, 0.05) is 12.1 Å². The van der Waals surface area contributed by atoms with Gasteiger partial charge in [-0.15, -0.1) is 0 Å². The van der Waals surface area contributed by atoms with Crippen molar-refractivity contribution in [3.63, 3.8) is 0 Å². The Bertz CT molecular complexity index is 697. The number of benzene rings is 2. The Balaban J connectivity index is 1.75. The van der Waals surface area contributed by atoms with E-state index in [1.165, 1.54) is 44.2 Å². The summed E-state index contributed by atoms with van der Waals surface area (Å²) in [6.45, 7) is 2.95. The zero-order chi connectivity index (χ0) is 18.6. The van der Waals surface area contributed by atoms with Gasteiger partial charge in [-0.1, -0.05) is 39.0 Å². The number of hydrogen-bond acceptors (Lipinski definition) is 5. The van der Waals surface area contributed by atoms with Gasteiger partial charge >= 0.3 is 0 Å². The van der Waals surface area contributed by atoms with Crippen LogP contribution in [-0.4, -0.2) is 11.5 Å². The van der Waals surface area contributed by atoms with Gasteiger partial charge in [0.25, 0.3) is 5.69 Å².